The summed E-state index contributed by atoms with van der Waals surface area (Å²) in [6, 6.07) is 25.4. The van der Waals surface area contributed by atoms with Crippen molar-refractivity contribution in [3.05, 3.63) is 111 Å². The fraction of sp³-hybridized carbons (Fsp3) is 0.0769. The fourth-order valence-corrected chi connectivity index (χ4v) is 3.93. The van der Waals surface area contributed by atoms with E-state index >= 15 is 0 Å². The van der Waals surface area contributed by atoms with Gasteiger partial charge in [0, 0.05) is 21.2 Å². The summed E-state index contributed by atoms with van der Waals surface area (Å²) in [5.41, 5.74) is 2.75. The van der Waals surface area contributed by atoms with Crippen molar-refractivity contribution in [2.24, 2.45) is 4.99 Å². The second-order valence-electron chi connectivity index (χ2n) is 7.41. The number of amidine groups is 1. The lowest BCUT2D eigenvalue weighted by Gasteiger charge is -2.14. The van der Waals surface area contributed by atoms with Crippen molar-refractivity contribution in [3.8, 4) is 6.07 Å². The van der Waals surface area contributed by atoms with Gasteiger partial charge >= 0.3 is 0 Å². The molecule has 3 aromatic rings. The van der Waals surface area contributed by atoms with E-state index in [4.69, 9.17) is 0 Å². The third kappa shape index (κ3) is 4.76. The van der Waals surface area contributed by atoms with Crippen LogP contribution in [0.2, 0.25) is 0 Å². The Balaban J connectivity index is 1.66. The minimum absolute atomic E-state index is 0.114. The molecule has 0 radical (unpaired) electrons. The number of carbonyl (C=O) groups excluding carboxylic acids is 2. The molecule has 1 unspecified atom stereocenters. The van der Waals surface area contributed by atoms with Crippen LogP contribution in [0.4, 0.5) is 0 Å². The van der Waals surface area contributed by atoms with Crippen LogP contribution in [0.1, 0.15) is 40.0 Å². The van der Waals surface area contributed by atoms with Gasteiger partial charge in [-0.05, 0) is 30.7 Å². The van der Waals surface area contributed by atoms with Gasteiger partial charge in [0.1, 0.15) is 17.5 Å². The van der Waals surface area contributed by atoms with E-state index in [1.54, 1.807) is 36.4 Å². The first-order valence-electron chi connectivity index (χ1n) is 10.2. The number of benzene rings is 3. The Kier molecular flexibility index (Phi) is 6.48. The molecule has 2 N–H and O–H groups in total. The standard InChI is InChI=1S/C26H19BrN4O2/c1-16(17-8-3-2-4-9-17)29-26(33)22(15-28)23-20-12-5-6-13-21(20)24(30-23)31-25(32)18-10-7-11-19(27)14-18/h2-14,16H,1H3,(H,29,33)(H,30,31,32). The van der Waals surface area contributed by atoms with Gasteiger partial charge in [-0.25, -0.2) is 4.99 Å². The second kappa shape index (κ2) is 9.63. The SMILES string of the molecule is CC(NC(=O)C(C#N)=C1N=C(NC(=O)c2cccc(Br)c2)c2ccccc21)c1ccccc1. The van der Waals surface area contributed by atoms with Crippen LogP contribution >= 0.6 is 15.9 Å². The fourth-order valence-electron chi connectivity index (χ4n) is 3.53. The third-order valence-corrected chi connectivity index (χ3v) is 5.70. The van der Waals surface area contributed by atoms with Gasteiger partial charge in [-0.2, -0.15) is 5.26 Å². The van der Waals surface area contributed by atoms with E-state index in [1.807, 2.05) is 55.5 Å². The molecule has 162 valence electrons. The molecule has 6 nitrogen and oxygen atoms in total. The summed E-state index contributed by atoms with van der Waals surface area (Å²) >= 11 is 3.36. The summed E-state index contributed by atoms with van der Waals surface area (Å²) in [5, 5.41) is 15.5. The Morgan fingerprint density at radius 3 is 2.36 bits per heavy atom. The average molecular weight is 499 g/mol. The Morgan fingerprint density at radius 2 is 1.67 bits per heavy atom. The van der Waals surface area contributed by atoms with Gasteiger partial charge in [0.25, 0.3) is 11.8 Å². The molecule has 0 aromatic heterocycles. The van der Waals surface area contributed by atoms with Crippen LogP contribution in [0.25, 0.3) is 5.70 Å². The lowest BCUT2D eigenvalue weighted by molar-refractivity contribution is -0.117. The van der Waals surface area contributed by atoms with E-state index in [0.717, 1.165) is 10.0 Å². The summed E-state index contributed by atoms with van der Waals surface area (Å²) < 4.78 is 0.778. The van der Waals surface area contributed by atoms with Crippen molar-refractivity contribution in [1.29, 1.82) is 5.26 Å². The van der Waals surface area contributed by atoms with Crippen LogP contribution in [-0.2, 0) is 4.79 Å². The van der Waals surface area contributed by atoms with Crippen molar-refractivity contribution < 1.29 is 9.59 Å². The maximum atomic E-state index is 13.0. The van der Waals surface area contributed by atoms with Crippen LogP contribution in [0.5, 0.6) is 0 Å². The lowest BCUT2D eigenvalue weighted by atomic mass is 10.0. The van der Waals surface area contributed by atoms with Crippen LogP contribution in [0.15, 0.2) is 93.9 Å². The number of rotatable bonds is 4. The molecule has 0 saturated heterocycles. The highest BCUT2D eigenvalue weighted by atomic mass is 79.9. The highest BCUT2D eigenvalue weighted by Gasteiger charge is 2.28. The summed E-state index contributed by atoms with van der Waals surface area (Å²) in [7, 11) is 0. The van der Waals surface area contributed by atoms with Gasteiger partial charge in [0.15, 0.2) is 0 Å². The third-order valence-electron chi connectivity index (χ3n) is 5.20. The molecule has 0 spiro atoms. The number of hydrogen-bond acceptors (Lipinski definition) is 4. The molecule has 33 heavy (non-hydrogen) atoms. The van der Waals surface area contributed by atoms with Crippen molar-refractivity contribution >= 4 is 39.3 Å². The average Bonchev–Trinajstić information content (AvgIpc) is 3.18. The van der Waals surface area contributed by atoms with Gasteiger partial charge in [-0.1, -0.05) is 76.6 Å². The molecule has 1 aliphatic heterocycles. The smallest absolute Gasteiger partial charge is 0.264 e. The maximum absolute atomic E-state index is 13.0. The van der Waals surface area contributed by atoms with Gasteiger partial charge in [-0.3, -0.25) is 9.59 Å². The maximum Gasteiger partial charge on any atom is 0.264 e. The molecule has 2 amide bonds. The Morgan fingerprint density at radius 1 is 0.970 bits per heavy atom. The molecule has 0 bridgehead atoms. The zero-order valence-electron chi connectivity index (χ0n) is 17.7. The van der Waals surface area contributed by atoms with Gasteiger partial charge in [-0.15, -0.1) is 0 Å². The lowest BCUT2D eigenvalue weighted by Crippen LogP contribution is -2.30. The number of aliphatic imine (C=N–C) groups is 1. The molecule has 7 heteroatoms. The Labute approximate surface area is 199 Å². The van der Waals surface area contributed by atoms with Crippen molar-refractivity contribution in [3.63, 3.8) is 0 Å². The summed E-state index contributed by atoms with van der Waals surface area (Å²) in [6.07, 6.45) is 0. The summed E-state index contributed by atoms with van der Waals surface area (Å²) in [6.45, 7) is 1.85. The molecule has 3 aromatic carbocycles. The molecule has 1 atom stereocenters. The second-order valence-corrected chi connectivity index (χ2v) is 8.33. The van der Waals surface area contributed by atoms with Gasteiger partial charge < -0.3 is 10.6 Å². The molecule has 1 aliphatic rings. The minimum Gasteiger partial charge on any atom is -0.345 e. The number of fused-ring (bicyclic) bond motifs is 1. The molecular formula is C26H19BrN4O2. The van der Waals surface area contributed by atoms with Gasteiger partial charge in [0.2, 0.25) is 0 Å². The summed E-state index contributed by atoms with van der Waals surface area (Å²) in [5.74, 6) is -0.573. The first kappa shape index (κ1) is 22.2. The number of nitrogens with zero attached hydrogens (tertiary/aromatic N) is 2. The predicted octanol–water partition coefficient (Wildman–Crippen LogP) is 4.75. The molecular weight excluding hydrogens is 480 g/mol. The molecule has 1 heterocycles. The number of amides is 2. The van der Waals surface area contributed by atoms with Gasteiger partial charge in [0.05, 0.1) is 11.7 Å². The number of halogens is 1. The predicted molar refractivity (Wildman–Crippen MR) is 130 cm³/mol. The number of hydrogen-bond donors (Lipinski definition) is 2. The van der Waals surface area contributed by atoms with E-state index in [-0.39, 0.29) is 23.2 Å². The van der Waals surface area contributed by atoms with Crippen LogP contribution < -0.4 is 10.6 Å². The molecule has 0 aliphatic carbocycles. The zero-order chi connectivity index (χ0) is 23.4. The van der Waals surface area contributed by atoms with E-state index in [0.29, 0.717) is 22.5 Å². The quantitative estimate of drug-likeness (QED) is 0.401. The van der Waals surface area contributed by atoms with Crippen molar-refractivity contribution in [2.75, 3.05) is 0 Å². The first-order chi connectivity index (χ1) is 16.0. The minimum atomic E-state index is -0.526. The van der Waals surface area contributed by atoms with E-state index in [2.05, 4.69) is 31.6 Å². The highest BCUT2D eigenvalue weighted by molar-refractivity contribution is 9.10. The molecule has 0 saturated carbocycles. The first-order valence-corrected chi connectivity index (χ1v) is 11.0. The normalized spacial score (nSPS) is 14.4. The van der Waals surface area contributed by atoms with E-state index in [1.165, 1.54) is 0 Å². The number of carbonyl (C=O) groups is 2. The van der Waals surface area contributed by atoms with Crippen LogP contribution in [0, 0.1) is 11.3 Å². The zero-order valence-corrected chi connectivity index (χ0v) is 19.3. The topological polar surface area (TPSA) is 94.3 Å². The Hall–Kier alpha value is -4.02. The molecule has 0 fully saturated rings. The van der Waals surface area contributed by atoms with E-state index < -0.39 is 5.91 Å². The van der Waals surface area contributed by atoms with Crippen molar-refractivity contribution in [2.45, 2.75) is 13.0 Å². The number of nitriles is 1. The summed E-state index contributed by atoms with van der Waals surface area (Å²) in [4.78, 5) is 30.2. The van der Waals surface area contributed by atoms with E-state index in [9.17, 15) is 14.9 Å². The number of nitrogens with one attached hydrogen (secondary N) is 2. The Bertz CT molecular complexity index is 1340. The largest absolute Gasteiger partial charge is 0.345 e. The van der Waals surface area contributed by atoms with Crippen LogP contribution in [0.3, 0.4) is 0 Å². The molecule has 4 rings (SSSR count). The van der Waals surface area contributed by atoms with Crippen LogP contribution in [-0.4, -0.2) is 17.6 Å². The van der Waals surface area contributed by atoms with Crippen molar-refractivity contribution in [1.82, 2.24) is 10.6 Å². The monoisotopic (exact) mass is 498 g/mol. The highest BCUT2D eigenvalue weighted by Crippen LogP contribution is 2.31.